The average molecular weight is 1060 g/mol. The highest BCUT2D eigenvalue weighted by Crippen LogP contribution is 2.78. The van der Waals surface area contributed by atoms with Crippen LogP contribution < -0.4 is 5.32 Å². The van der Waals surface area contributed by atoms with E-state index in [1.54, 1.807) is 0 Å². The van der Waals surface area contributed by atoms with Gasteiger partial charge >= 0.3 is 0 Å². The molecule has 0 spiro atoms. The van der Waals surface area contributed by atoms with E-state index in [0.717, 1.165) is 74.6 Å². The second-order valence-electron chi connectivity index (χ2n) is 26.0. The Balaban J connectivity index is 0.886. The normalized spacial score (nSPS) is 48.9. The van der Waals surface area contributed by atoms with Crippen molar-refractivity contribution >= 4 is 11.6 Å². The van der Waals surface area contributed by atoms with Gasteiger partial charge < -0.3 is 74.6 Å². The molecule has 10 rings (SSSR count). The zero-order valence-electron chi connectivity index (χ0n) is 45.7. The maximum absolute atomic E-state index is 15.0. The molecular weight excluding hydrogens is 975 g/mol. The number of carbonyl (C=O) groups excluding carboxylic acids is 1. The van der Waals surface area contributed by atoms with Crippen LogP contribution in [0.15, 0.2) is 66.7 Å². The van der Waals surface area contributed by atoms with Crippen LogP contribution in [0.3, 0.4) is 0 Å². The lowest BCUT2D eigenvalue weighted by Gasteiger charge is -2.73. The number of amides is 1. The summed E-state index contributed by atoms with van der Waals surface area (Å²) in [6, 6.07) is 18.5. The van der Waals surface area contributed by atoms with Gasteiger partial charge in [0.1, 0.15) is 61.0 Å². The Kier molecular flexibility index (Phi) is 15.5. The summed E-state index contributed by atoms with van der Waals surface area (Å²) in [5.41, 5.74) is 3.19. The molecule has 16 heteroatoms. The smallest absolute Gasteiger partial charge is 0.230 e. The molecule has 0 bridgehead atoms. The Morgan fingerprint density at radius 2 is 1.22 bits per heavy atom. The van der Waals surface area contributed by atoms with Crippen molar-refractivity contribution in [1.29, 1.82) is 0 Å². The Labute approximate surface area is 448 Å². The molecule has 5 aliphatic carbocycles. The first kappa shape index (κ1) is 56.4. The van der Waals surface area contributed by atoms with Crippen molar-refractivity contribution in [3.63, 3.8) is 0 Å². The second kappa shape index (κ2) is 20.9. The van der Waals surface area contributed by atoms with Crippen molar-refractivity contribution < 1.29 is 74.1 Å². The molecule has 0 aromatic heterocycles. The van der Waals surface area contributed by atoms with Gasteiger partial charge in [0.15, 0.2) is 18.9 Å². The molecule has 2 aromatic carbocycles. The largest absolute Gasteiger partial charge is 0.394 e. The van der Waals surface area contributed by atoms with Crippen LogP contribution >= 0.6 is 0 Å². The van der Waals surface area contributed by atoms with E-state index >= 15 is 4.79 Å². The number of carbonyl (C=O) groups is 1. The topological polar surface area (TPSA) is 246 Å². The van der Waals surface area contributed by atoms with Gasteiger partial charge in [0.05, 0.1) is 30.3 Å². The summed E-state index contributed by atoms with van der Waals surface area (Å²) in [7, 11) is 0. The Morgan fingerprint density at radius 3 is 1.83 bits per heavy atom. The molecule has 3 heterocycles. The van der Waals surface area contributed by atoms with Crippen LogP contribution in [-0.4, -0.2) is 152 Å². The molecule has 9 N–H and O–H groups in total. The molecule has 76 heavy (non-hydrogen) atoms. The third-order valence-corrected chi connectivity index (χ3v) is 22.0. The molecule has 422 valence electrons. The standard InChI is InChI=1S/C60H87NO15/c1-30(2)36-21-26-60(55(70)61-35-17-15-34(16-18-35)33-13-11-10-12-14-33)28-27-58(8)37(42(36)60)19-20-40-57(7)24-23-41(56(5,6)39(57)22-25-59(40,58)9)74-54-51(76-53-48(68)46(66)44(64)32(4)72-53)49(69)50(38(29-62)73-54)75-52-47(67)45(65)43(63)31(3)71-52/h10-18,31-32,36-54,62-69H,1,19-29H2,2-9H3,(H,61,70)/t31-,32-,36-,37+,38+,39-,40+,41-,42+,43-,44-,45+,46+,47+,48+,49-,50+,51+,52-,53-,54-,57-,58+,59+,60-/m0/s1. The summed E-state index contributed by atoms with van der Waals surface area (Å²) in [6.07, 6.45) is -13.2. The molecule has 0 radical (unpaired) electrons. The minimum Gasteiger partial charge on any atom is -0.394 e. The number of rotatable bonds is 11. The quantitative estimate of drug-likeness (QED) is 0.0949. The third kappa shape index (κ3) is 9.08. The van der Waals surface area contributed by atoms with Crippen LogP contribution in [-0.2, 0) is 33.2 Å². The van der Waals surface area contributed by atoms with E-state index in [9.17, 15) is 40.9 Å². The van der Waals surface area contributed by atoms with Crippen LogP contribution in [0, 0.1) is 56.7 Å². The zero-order valence-corrected chi connectivity index (χ0v) is 45.7. The molecule has 25 atom stereocenters. The van der Waals surface area contributed by atoms with Gasteiger partial charge in [-0.1, -0.05) is 89.2 Å². The Bertz CT molecular complexity index is 2390. The van der Waals surface area contributed by atoms with Crippen LogP contribution in [0.25, 0.3) is 11.1 Å². The lowest BCUT2D eigenvalue weighted by atomic mass is 9.32. The minimum absolute atomic E-state index is 0.0143. The number of aliphatic hydroxyl groups excluding tert-OH is 8. The van der Waals surface area contributed by atoms with E-state index in [1.165, 1.54) is 19.4 Å². The summed E-state index contributed by atoms with van der Waals surface area (Å²) in [4.78, 5) is 15.0. The summed E-state index contributed by atoms with van der Waals surface area (Å²) in [5, 5.41) is 90.8. The highest BCUT2D eigenvalue weighted by molar-refractivity contribution is 5.96. The maximum atomic E-state index is 15.0. The molecule has 5 saturated carbocycles. The van der Waals surface area contributed by atoms with E-state index in [2.05, 4.69) is 77.7 Å². The molecule has 8 fully saturated rings. The SMILES string of the molecule is C=C(C)[C@@H]1CC[C@]2(C(=O)Nc3ccc(-c4ccccc4)cc3)CC[C@]3(C)[C@H](CC[C@@H]4[C@@]5(C)CC[C@H](O[C@@H]6O[C@H](CO)[C@@H](O[C@@H]7O[C@@H](C)[C@H](O)[C@@H](O)[C@H]7O)[C@H](O)[C@H]6O[C@@H]6O[C@@H](C)[C@H](O)[C@@H](O)[C@H]6O)C(C)(C)[C@@H]5CC[C@]43C)[C@@H]12. The molecule has 1 amide bonds. The van der Waals surface area contributed by atoms with Crippen LogP contribution in [0.5, 0.6) is 0 Å². The fourth-order valence-electron chi connectivity index (χ4n) is 17.6. The third-order valence-electron chi connectivity index (χ3n) is 22.0. The number of allylic oxidation sites excluding steroid dienone is 1. The van der Waals surface area contributed by atoms with Gasteiger partial charge in [0.25, 0.3) is 0 Å². The fourth-order valence-corrected chi connectivity index (χ4v) is 17.6. The first-order valence-corrected chi connectivity index (χ1v) is 28.3. The lowest BCUT2D eigenvalue weighted by Crippen LogP contribution is -2.68. The number of anilines is 1. The molecular formula is C60H87NO15. The van der Waals surface area contributed by atoms with Gasteiger partial charge in [-0.3, -0.25) is 4.79 Å². The van der Waals surface area contributed by atoms with Gasteiger partial charge in [0.2, 0.25) is 5.91 Å². The number of hydrogen-bond donors (Lipinski definition) is 9. The number of aliphatic hydroxyl groups is 8. The molecule has 16 nitrogen and oxygen atoms in total. The van der Waals surface area contributed by atoms with Gasteiger partial charge in [-0.15, -0.1) is 0 Å². The van der Waals surface area contributed by atoms with Crippen molar-refractivity contribution in [1.82, 2.24) is 0 Å². The van der Waals surface area contributed by atoms with Crippen molar-refractivity contribution in [2.24, 2.45) is 56.7 Å². The second-order valence-corrected chi connectivity index (χ2v) is 26.0. The maximum Gasteiger partial charge on any atom is 0.230 e. The highest BCUT2D eigenvalue weighted by atomic mass is 16.8. The summed E-state index contributed by atoms with van der Waals surface area (Å²) < 4.78 is 37.5. The summed E-state index contributed by atoms with van der Waals surface area (Å²) in [6.45, 7) is 21.2. The van der Waals surface area contributed by atoms with E-state index in [0.29, 0.717) is 18.3 Å². The number of fused-ring (bicyclic) bond motifs is 7. The highest BCUT2D eigenvalue weighted by Gasteiger charge is 2.72. The van der Waals surface area contributed by atoms with Crippen LogP contribution in [0.4, 0.5) is 5.69 Å². The van der Waals surface area contributed by atoms with Gasteiger partial charge in [-0.2, -0.15) is 0 Å². The average Bonchev–Trinajstić information content (AvgIpc) is 3.80. The summed E-state index contributed by atoms with van der Waals surface area (Å²) >= 11 is 0. The monoisotopic (exact) mass is 1060 g/mol. The molecule has 3 aliphatic heterocycles. The predicted molar refractivity (Wildman–Crippen MR) is 281 cm³/mol. The number of ether oxygens (including phenoxy) is 6. The van der Waals surface area contributed by atoms with Crippen molar-refractivity contribution in [3.05, 3.63) is 66.7 Å². The van der Waals surface area contributed by atoms with Crippen molar-refractivity contribution in [2.45, 2.75) is 218 Å². The fraction of sp³-hybridized carbons (Fsp3) is 0.750. The zero-order chi connectivity index (χ0) is 54.6. The molecule has 8 aliphatic rings. The minimum atomic E-state index is -1.74. The lowest BCUT2D eigenvalue weighted by molar-refractivity contribution is -0.393. The van der Waals surface area contributed by atoms with Gasteiger partial charge in [-0.05, 0) is 159 Å². The number of hydrogen-bond acceptors (Lipinski definition) is 15. The Hall–Kier alpha value is -2.91. The van der Waals surface area contributed by atoms with Crippen LogP contribution in [0.1, 0.15) is 120 Å². The van der Waals surface area contributed by atoms with Crippen molar-refractivity contribution in [2.75, 3.05) is 11.9 Å². The van der Waals surface area contributed by atoms with Gasteiger partial charge in [0, 0.05) is 5.69 Å². The van der Waals surface area contributed by atoms with Crippen molar-refractivity contribution in [3.8, 4) is 11.1 Å². The summed E-state index contributed by atoms with van der Waals surface area (Å²) in [5.74, 6) is 1.54. The predicted octanol–water partition coefficient (Wildman–Crippen LogP) is 5.84. The first-order valence-electron chi connectivity index (χ1n) is 28.3. The molecule has 0 unspecified atom stereocenters. The number of nitrogens with one attached hydrogen (secondary N) is 1. The first-order chi connectivity index (χ1) is 35.9. The van der Waals surface area contributed by atoms with E-state index < -0.39 is 116 Å². The number of benzene rings is 2. The molecule has 3 saturated heterocycles. The van der Waals surface area contributed by atoms with E-state index in [4.69, 9.17) is 28.4 Å². The van der Waals surface area contributed by atoms with E-state index in [-0.39, 0.29) is 39.9 Å². The van der Waals surface area contributed by atoms with E-state index in [1.807, 2.05) is 30.3 Å². The molecule has 2 aromatic rings. The van der Waals surface area contributed by atoms with Crippen LogP contribution in [0.2, 0.25) is 0 Å². The Morgan fingerprint density at radius 1 is 0.618 bits per heavy atom. The van der Waals surface area contributed by atoms with Gasteiger partial charge in [-0.25, -0.2) is 0 Å².